The minimum atomic E-state index is -0.884. The van der Waals surface area contributed by atoms with Gasteiger partial charge in [0.2, 0.25) is 5.91 Å². The van der Waals surface area contributed by atoms with Crippen molar-refractivity contribution in [2.75, 3.05) is 6.54 Å². The van der Waals surface area contributed by atoms with E-state index in [0.717, 1.165) is 12.8 Å². The lowest BCUT2D eigenvalue weighted by Crippen LogP contribution is -2.57. The second kappa shape index (κ2) is 6.91. The summed E-state index contributed by atoms with van der Waals surface area (Å²) in [7, 11) is 0. The number of carbonyl (C=O) groups is 3. The van der Waals surface area contributed by atoms with E-state index >= 15 is 0 Å². The first-order chi connectivity index (χ1) is 10.4. The Balaban J connectivity index is 1.90. The molecule has 1 aromatic heterocycles. The van der Waals surface area contributed by atoms with E-state index < -0.39 is 17.4 Å². The van der Waals surface area contributed by atoms with Crippen LogP contribution in [0.3, 0.4) is 0 Å². The van der Waals surface area contributed by atoms with Crippen molar-refractivity contribution in [3.63, 3.8) is 0 Å². The number of carbonyl (C=O) groups excluding carboxylic acids is 2. The highest BCUT2D eigenvalue weighted by molar-refractivity contribution is 7.12. The summed E-state index contributed by atoms with van der Waals surface area (Å²) in [6, 6.07) is 3.45. The van der Waals surface area contributed by atoms with Crippen molar-refractivity contribution in [2.45, 2.75) is 38.1 Å². The first-order valence-electron chi connectivity index (χ1n) is 7.28. The predicted molar refractivity (Wildman–Crippen MR) is 82.8 cm³/mol. The van der Waals surface area contributed by atoms with Gasteiger partial charge in [0.1, 0.15) is 0 Å². The van der Waals surface area contributed by atoms with Gasteiger partial charge in [-0.3, -0.25) is 14.4 Å². The maximum Gasteiger partial charge on any atom is 0.308 e. The predicted octanol–water partition coefficient (Wildman–Crippen LogP) is 1.63. The summed E-state index contributed by atoms with van der Waals surface area (Å²) in [5, 5.41) is 16.4. The molecular weight excluding hydrogens is 304 g/mol. The molecular formula is C15H20N2O4S. The number of thiophene rings is 1. The molecule has 22 heavy (non-hydrogen) atoms. The molecule has 1 aliphatic carbocycles. The average Bonchev–Trinajstić information content (AvgIpc) is 2.98. The lowest BCUT2D eigenvalue weighted by molar-refractivity contribution is -0.146. The maximum atomic E-state index is 12.0. The molecule has 1 aliphatic rings. The average molecular weight is 324 g/mol. The number of amides is 2. The standard InChI is InChI=1S/C15H20N2O4S/c1-15(7-3-2-5-10(15)14(20)21)17-12(18)9-16-13(19)11-6-4-8-22-11/h4,6,8,10H,2-3,5,7,9H2,1H3,(H,16,19)(H,17,18)(H,20,21). The molecule has 120 valence electrons. The Labute approximate surface area is 132 Å². The molecule has 7 heteroatoms. The third-order valence-corrected chi connectivity index (χ3v) is 4.95. The molecule has 2 unspecified atom stereocenters. The summed E-state index contributed by atoms with van der Waals surface area (Å²) >= 11 is 1.30. The van der Waals surface area contributed by atoms with E-state index in [1.807, 2.05) is 0 Å². The largest absolute Gasteiger partial charge is 0.481 e. The maximum absolute atomic E-state index is 12.0. The molecule has 2 amide bonds. The molecule has 2 rings (SSSR count). The zero-order chi connectivity index (χ0) is 16.2. The first-order valence-corrected chi connectivity index (χ1v) is 8.16. The summed E-state index contributed by atoms with van der Waals surface area (Å²) in [6.07, 6.45) is 2.95. The van der Waals surface area contributed by atoms with E-state index in [-0.39, 0.29) is 18.4 Å². The van der Waals surface area contributed by atoms with Crippen molar-refractivity contribution < 1.29 is 19.5 Å². The quantitative estimate of drug-likeness (QED) is 0.767. The topological polar surface area (TPSA) is 95.5 Å². The van der Waals surface area contributed by atoms with Gasteiger partial charge in [-0.2, -0.15) is 0 Å². The number of rotatable bonds is 5. The third-order valence-electron chi connectivity index (χ3n) is 4.09. The summed E-state index contributed by atoms with van der Waals surface area (Å²) in [5.41, 5.74) is -0.755. The van der Waals surface area contributed by atoms with Gasteiger partial charge in [0, 0.05) is 0 Å². The summed E-state index contributed by atoms with van der Waals surface area (Å²) in [5.74, 6) is -2.13. The van der Waals surface area contributed by atoms with Crippen LogP contribution in [0, 0.1) is 5.92 Å². The fourth-order valence-corrected chi connectivity index (χ4v) is 3.54. The number of hydrogen-bond acceptors (Lipinski definition) is 4. The molecule has 1 heterocycles. The lowest BCUT2D eigenvalue weighted by Gasteiger charge is -2.39. The van der Waals surface area contributed by atoms with Gasteiger partial charge in [0.05, 0.1) is 22.9 Å². The van der Waals surface area contributed by atoms with E-state index in [9.17, 15) is 19.5 Å². The van der Waals surface area contributed by atoms with E-state index in [0.29, 0.717) is 17.7 Å². The van der Waals surface area contributed by atoms with Crippen molar-refractivity contribution in [2.24, 2.45) is 5.92 Å². The van der Waals surface area contributed by atoms with Crippen LogP contribution in [0.25, 0.3) is 0 Å². The highest BCUT2D eigenvalue weighted by Gasteiger charge is 2.42. The molecule has 0 saturated heterocycles. The van der Waals surface area contributed by atoms with Crippen LogP contribution in [0.5, 0.6) is 0 Å². The zero-order valence-electron chi connectivity index (χ0n) is 12.4. The molecule has 0 spiro atoms. The Bertz CT molecular complexity index is 558. The summed E-state index contributed by atoms with van der Waals surface area (Å²) in [4.78, 5) is 35.7. The van der Waals surface area contributed by atoms with Crippen LogP contribution in [0.4, 0.5) is 0 Å². The molecule has 3 N–H and O–H groups in total. The van der Waals surface area contributed by atoms with E-state index in [4.69, 9.17) is 0 Å². The Hall–Kier alpha value is -1.89. The number of carboxylic acids is 1. The molecule has 2 atom stereocenters. The molecule has 1 aromatic rings. The second-order valence-electron chi connectivity index (χ2n) is 5.76. The van der Waals surface area contributed by atoms with Crippen LogP contribution in [-0.4, -0.2) is 35.0 Å². The molecule has 0 aromatic carbocycles. The van der Waals surface area contributed by atoms with Crippen LogP contribution in [0.2, 0.25) is 0 Å². The zero-order valence-corrected chi connectivity index (χ0v) is 13.2. The molecule has 0 radical (unpaired) electrons. The van der Waals surface area contributed by atoms with Gasteiger partial charge in [-0.15, -0.1) is 11.3 Å². The van der Waals surface area contributed by atoms with Gasteiger partial charge in [-0.1, -0.05) is 18.9 Å². The minimum absolute atomic E-state index is 0.154. The van der Waals surface area contributed by atoms with E-state index in [1.54, 1.807) is 24.4 Å². The molecule has 0 bridgehead atoms. The summed E-state index contributed by atoms with van der Waals surface area (Å²) in [6.45, 7) is 1.61. The van der Waals surface area contributed by atoms with Crippen LogP contribution in [0.15, 0.2) is 17.5 Å². The van der Waals surface area contributed by atoms with Crippen LogP contribution < -0.4 is 10.6 Å². The SMILES string of the molecule is CC1(NC(=O)CNC(=O)c2cccs2)CCCCC1C(=O)O. The van der Waals surface area contributed by atoms with Crippen molar-refractivity contribution >= 4 is 29.1 Å². The normalized spacial score (nSPS) is 24.5. The highest BCUT2D eigenvalue weighted by atomic mass is 32.1. The molecule has 1 saturated carbocycles. The van der Waals surface area contributed by atoms with Gasteiger partial charge in [-0.05, 0) is 31.2 Å². The second-order valence-corrected chi connectivity index (χ2v) is 6.71. The van der Waals surface area contributed by atoms with Gasteiger partial charge in [0.25, 0.3) is 5.91 Å². The van der Waals surface area contributed by atoms with Gasteiger partial charge in [0.15, 0.2) is 0 Å². The Morgan fingerprint density at radius 3 is 2.82 bits per heavy atom. The number of carboxylic acid groups (broad SMARTS) is 1. The van der Waals surface area contributed by atoms with Gasteiger partial charge in [-0.25, -0.2) is 0 Å². The number of nitrogens with one attached hydrogen (secondary N) is 2. The molecule has 1 fully saturated rings. The van der Waals surface area contributed by atoms with Crippen LogP contribution in [0.1, 0.15) is 42.3 Å². The van der Waals surface area contributed by atoms with Crippen molar-refractivity contribution in [3.8, 4) is 0 Å². The number of aliphatic carboxylic acids is 1. The Kier molecular flexibility index (Phi) is 5.18. The smallest absolute Gasteiger partial charge is 0.308 e. The monoisotopic (exact) mass is 324 g/mol. The Morgan fingerprint density at radius 2 is 2.18 bits per heavy atom. The number of hydrogen-bond donors (Lipinski definition) is 3. The first kappa shape index (κ1) is 16.5. The summed E-state index contributed by atoms with van der Waals surface area (Å²) < 4.78 is 0. The van der Waals surface area contributed by atoms with Crippen LogP contribution >= 0.6 is 11.3 Å². The van der Waals surface area contributed by atoms with Crippen molar-refractivity contribution in [3.05, 3.63) is 22.4 Å². The van der Waals surface area contributed by atoms with Crippen molar-refractivity contribution in [1.82, 2.24) is 10.6 Å². The molecule has 6 nitrogen and oxygen atoms in total. The minimum Gasteiger partial charge on any atom is -0.481 e. The van der Waals surface area contributed by atoms with Crippen LogP contribution in [-0.2, 0) is 9.59 Å². The lowest BCUT2D eigenvalue weighted by atomic mass is 9.74. The Morgan fingerprint density at radius 1 is 1.41 bits per heavy atom. The van der Waals surface area contributed by atoms with Gasteiger partial charge >= 0.3 is 5.97 Å². The molecule has 0 aliphatic heterocycles. The fourth-order valence-electron chi connectivity index (χ4n) is 2.90. The van der Waals surface area contributed by atoms with Gasteiger partial charge < -0.3 is 15.7 Å². The van der Waals surface area contributed by atoms with E-state index in [1.165, 1.54) is 11.3 Å². The third kappa shape index (κ3) is 3.85. The highest BCUT2D eigenvalue weighted by Crippen LogP contribution is 2.33. The van der Waals surface area contributed by atoms with E-state index in [2.05, 4.69) is 10.6 Å². The fraction of sp³-hybridized carbons (Fsp3) is 0.533. The van der Waals surface area contributed by atoms with Crippen molar-refractivity contribution in [1.29, 1.82) is 0 Å².